The molecule has 1 aliphatic heterocycles. The van der Waals surface area contributed by atoms with Crippen LogP contribution in [0.25, 0.3) is 10.1 Å². The fourth-order valence-corrected chi connectivity index (χ4v) is 5.86. The predicted octanol–water partition coefficient (Wildman–Crippen LogP) is 6.06. The van der Waals surface area contributed by atoms with Crippen molar-refractivity contribution in [3.8, 4) is 0 Å². The summed E-state index contributed by atoms with van der Waals surface area (Å²) < 4.78 is 0.354. The molecule has 184 valence electrons. The smallest absolute Gasteiger partial charge is 0.287 e. The fraction of sp³-hybridized carbons (Fsp3) is 0.333. The summed E-state index contributed by atoms with van der Waals surface area (Å²) in [4.78, 5) is 40.3. The first-order valence-electron chi connectivity index (χ1n) is 11.1. The molecule has 0 saturated carbocycles. The number of nitrogens with zero attached hydrogens (tertiary/aromatic N) is 3. The molecule has 1 aliphatic rings. The zero-order chi connectivity index (χ0) is 25.3. The maximum absolute atomic E-state index is 12.9. The Hall–Kier alpha value is -2.88. The molecule has 3 aromatic rings. The van der Waals surface area contributed by atoms with Gasteiger partial charge in [-0.3, -0.25) is 19.7 Å². The molecule has 0 aliphatic carbocycles. The van der Waals surface area contributed by atoms with Crippen molar-refractivity contribution in [3.05, 3.63) is 61.4 Å². The van der Waals surface area contributed by atoms with Crippen LogP contribution in [0.1, 0.15) is 29.9 Å². The van der Waals surface area contributed by atoms with E-state index < -0.39 is 10.8 Å². The van der Waals surface area contributed by atoms with Gasteiger partial charge >= 0.3 is 0 Å². The molecule has 1 saturated heterocycles. The number of carbonyl (C=O) groups excluding carboxylic acids is 2. The standard InChI is InChI=1S/C24H24Cl2N4O4S/c1-14(2)12-20(31)29-10-8-28(9-11-29)18-7-6-15(13-17(18)25)27-24(32)23-21(26)16-4-3-5-19(30(33)34)22(16)35-23/h3-7,13-14H,8-12H2,1-2H3,(H,27,32). The van der Waals surface area contributed by atoms with E-state index in [4.69, 9.17) is 23.2 Å². The summed E-state index contributed by atoms with van der Waals surface area (Å²) in [6.07, 6.45) is 0.548. The van der Waals surface area contributed by atoms with Crippen LogP contribution in [-0.2, 0) is 4.79 Å². The van der Waals surface area contributed by atoms with Crippen molar-refractivity contribution in [1.29, 1.82) is 0 Å². The number of carbonyl (C=O) groups is 2. The van der Waals surface area contributed by atoms with Gasteiger partial charge in [0.1, 0.15) is 9.58 Å². The molecule has 1 fully saturated rings. The van der Waals surface area contributed by atoms with E-state index in [1.165, 1.54) is 6.07 Å². The zero-order valence-electron chi connectivity index (χ0n) is 19.2. The second-order valence-electron chi connectivity index (χ2n) is 8.74. The number of nitro groups is 1. The Morgan fingerprint density at radius 2 is 1.86 bits per heavy atom. The molecular formula is C24H24Cl2N4O4S. The van der Waals surface area contributed by atoms with Crippen LogP contribution in [0.2, 0.25) is 10.0 Å². The highest BCUT2D eigenvalue weighted by Gasteiger charge is 2.25. The number of hydrogen-bond donors (Lipinski definition) is 1. The number of nitrogens with one attached hydrogen (secondary N) is 1. The van der Waals surface area contributed by atoms with Crippen molar-refractivity contribution >= 4 is 73.5 Å². The van der Waals surface area contributed by atoms with Gasteiger partial charge in [0.05, 0.1) is 20.7 Å². The van der Waals surface area contributed by atoms with Gasteiger partial charge in [0.2, 0.25) is 5.91 Å². The minimum absolute atomic E-state index is 0.0909. The average molecular weight is 535 g/mol. The highest BCUT2D eigenvalue weighted by atomic mass is 35.5. The third kappa shape index (κ3) is 5.37. The van der Waals surface area contributed by atoms with E-state index in [0.29, 0.717) is 59.3 Å². The third-order valence-electron chi connectivity index (χ3n) is 5.80. The van der Waals surface area contributed by atoms with E-state index in [-0.39, 0.29) is 21.5 Å². The van der Waals surface area contributed by atoms with Crippen LogP contribution < -0.4 is 10.2 Å². The quantitative estimate of drug-likeness (QED) is 0.306. The minimum atomic E-state index is -0.491. The largest absolute Gasteiger partial charge is 0.367 e. The highest BCUT2D eigenvalue weighted by Crippen LogP contribution is 2.40. The van der Waals surface area contributed by atoms with Gasteiger partial charge in [0.15, 0.2) is 0 Å². The molecule has 0 unspecified atom stereocenters. The lowest BCUT2D eigenvalue weighted by Crippen LogP contribution is -2.49. The number of nitro benzene ring substituents is 1. The molecule has 11 heteroatoms. The number of thiophene rings is 1. The van der Waals surface area contributed by atoms with Gasteiger partial charge in [0.25, 0.3) is 11.6 Å². The molecule has 1 N–H and O–H groups in total. The second-order valence-corrected chi connectivity index (χ2v) is 10.5. The van der Waals surface area contributed by atoms with Crippen molar-refractivity contribution in [2.45, 2.75) is 20.3 Å². The molecule has 4 rings (SSSR count). The number of rotatable bonds is 6. The Balaban J connectivity index is 1.46. The van der Waals surface area contributed by atoms with Gasteiger partial charge in [-0.1, -0.05) is 49.2 Å². The number of benzene rings is 2. The first-order chi connectivity index (χ1) is 16.7. The van der Waals surface area contributed by atoms with Gasteiger partial charge in [-0.15, -0.1) is 11.3 Å². The summed E-state index contributed by atoms with van der Waals surface area (Å²) in [5.74, 6) is 0.0379. The average Bonchev–Trinajstić information content (AvgIpc) is 3.15. The molecular weight excluding hydrogens is 511 g/mol. The molecule has 0 radical (unpaired) electrons. The number of amides is 2. The second kappa shape index (κ2) is 10.4. The van der Waals surface area contributed by atoms with Gasteiger partial charge in [-0.05, 0) is 24.1 Å². The van der Waals surface area contributed by atoms with E-state index in [1.807, 2.05) is 24.8 Å². The Morgan fingerprint density at radius 3 is 2.49 bits per heavy atom. The van der Waals surface area contributed by atoms with Crippen LogP contribution in [0, 0.1) is 16.0 Å². The number of hydrogen-bond acceptors (Lipinski definition) is 6. The third-order valence-corrected chi connectivity index (χ3v) is 7.83. The Kier molecular flexibility index (Phi) is 7.49. The minimum Gasteiger partial charge on any atom is -0.367 e. The van der Waals surface area contributed by atoms with E-state index in [2.05, 4.69) is 10.2 Å². The van der Waals surface area contributed by atoms with Crippen LogP contribution in [0.5, 0.6) is 0 Å². The topological polar surface area (TPSA) is 95.8 Å². The molecule has 0 spiro atoms. The van der Waals surface area contributed by atoms with Crippen molar-refractivity contribution in [3.63, 3.8) is 0 Å². The van der Waals surface area contributed by atoms with Crippen LogP contribution in [-0.4, -0.2) is 47.8 Å². The Bertz CT molecular complexity index is 1300. The number of fused-ring (bicyclic) bond motifs is 1. The normalized spacial score (nSPS) is 14.0. The van der Waals surface area contributed by atoms with Crippen molar-refractivity contribution in [1.82, 2.24) is 4.90 Å². The van der Waals surface area contributed by atoms with E-state index >= 15 is 0 Å². The first-order valence-corrected chi connectivity index (χ1v) is 12.7. The van der Waals surface area contributed by atoms with Crippen LogP contribution >= 0.6 is 34.5 Å². The highest BCUT2D eigenvalue weighted by molar-refractivity contribution is 7.22. The number of non-ortho nitro benzene ring substituents is 1. The van der Waals surface area contributed by atoms with Crippen molar-refractivity contribution < 1.29 is 14.5 Å². The number of piperazine rings is 1. The summed E-state index contributed by atoms with van der Waals surface area (Å²) in [7, 11) is 0. The number of anilines is 2. The lowest BCUT2D eigenvalue weighted by molar-refractivity contribution is -0.382. The van der Waals surface area contributed by atoms with Crippen molar-refractivity contribution in [2.24, 2.45) is 5.92 Å². The van der Waals surface area contributed by atoms with E-state index in [1.54, 1.807) is 24.3 Å². The molecule has 2 heterocycles. The molecule has 35 heavy (non-hydrogen) atoms. The van der Waals surface area contributed by atoms with Crippen LogP contribution in [0.15, 0.2) is 36.4 Å². The molecule has 0 atom stereocenters. The molecule has 1 aromatic heterocycles. The molecule has 0 bridgehead atoms. The van der Waals surface area contributed by atoms with Gasteiger partial charge in [-0.2, -0.15) is 0 Å². The predicted molar refractivity (Wildman–Crippen MR) is 141 cm³/mol. The van der Waals surface area contributed by atoms with Crippen LogP contribution in [0.3, 0.4) is 0 Å². The summed E-state index contributed by atoms with van der Waals surface area (Å²) in [6.45, 7) is 6.68. The summed E-state index contributed by atoms with van der Waals surface area (Å²) in [5, 5.41) is 15.2. The number of halogens is 2. The lowest BCUT2D eigenvalue weighted by atomic mass is 10.1. The molecule has 2 amide bonds. The van der Waals surface area contributed by atoms with Gasteiger partial charge < -0.3 is 15.1 Å². The SMILES string of the molecule is CC(C)CC(=O)N1CCN(c2ccc(NC(=O)c3sc4c([N+](=O)[O-])cccc4c3Cl)cc2Cl)CC1. The van der Waals surface area contributed by atoms with Crippen LogP contribution in [0.4, 0.5) is 17.1 Å². The maximum Gasteiger partial charge on any atom is 0.287 e. The van der Waals surface area contributed by atoms with E-state index in [9.17, 15) is 19.7 Å². The first kappa shape index (κ1) is 25.2. The summed E-state index contributed by atoms with van der Waals surface area (Å²) in [5.41, 5.74) is 1.22. The van der Waals surface area contributed by atoms with Gasteiger partial charge in [0, 0.05) is 49.7 Å². The zero-order valence-corrected chi connectivity index (χ0v) is 21.5. The monoisotopic (exact) mass is 534 g/mol. The summed E-state index contributed by atoms with van der Waals surface area (Å²) >= 11 is 13.9. The Labute approximate surface area is 216 Å². The fourth-order valence-electron chi connectivity index (χ4n) is 4.07. The lowest BCUT2D eigenvalue weighted by Gasteiger charge is -2.36. The molecule has 8 nitrogen and oxygen atoms in total. The van der Waals surface area contributed by atoms with E-state index in [0.717, 1.165) is 17.0 Å². The summed E-state index contributed by atoms with van der Waals surface area (Å²) in [6, 6.07) is 9.82. The maximum atomic E-state index is 12.9. The molecule has 2 aromatic carbocycles. The Morgan fingerprint density at radius 1 is 1.14 bits per heavy atom. The van der Waals surface area contributed by atoms with Crippen molar-refractivity contribution in [2.75, 3.05) is 36.4 Å². The van der Waals surface area contributed by atoms with Gasteiger partial charge in [-0.25, -0.2) is 0 Å².